The number of hydrogen-bond donors (Lipinski definition) is 12. The SMILES string of the molecule is CCCCCCC/C=C\C/C=C\CCCCCCCCCCCCCCCCCCCCCCCCCCCCCC(=O)NC(COC1OC(CO)C(OC2OC(CO)C(OC3OC(CO)C(O)C(O)C3O)C(O)C2O)C(O)C1O)C(O)CCCCCCCCCCCCCCCCCCCCCCCCCCCCCCCCC. The third-order valence-electron chi connectivity index (χ3n) is 24.8. The smallest absolute Gasteiger partial charge is 0.220 e. The Morgan fingerprint density at radius 1 is 0.313 bits per heavy atom. The number of hydrogen-bond acceptors (Lipinski definition) is 18. The predicted octanol–water partition coefficient (Wildman–Crippen LogP) is 20.0. The van der Waals surface area contributed by atoms with Gasteiger partial charge in [-0.05, 0) is 44.9 Å². The van der Waals surface area contributed by atoms with E-state index in [0.29, 0.717) is 12.8 Å². The molecule has 17 unspecified atom stereocenters. The molecule has 3 aliphatic rings. The summed E-state index contributed by atoms with van der Waals surface area (Å²) >= 11 is 0. The minimum Gasteiger partial charge on any atom is -0.394 e. The second-order valence-corrected chi connectivity index (χ2v) is 35.2. The predicted molar refractivity (Wildman–Crippen MR) is 467 cm³/mol. The van der Waals surface area contributed by atoms with Gasteiger partial charge < -0.3 is 89.9 Å². The Morgan fingerprint density at radius 3 is 0.887 bits per heavy atom. The van der Waals surface area contributed by atoms with Crippen molar-refractivity contribution < 1.29 is 89.4 Å². The zero-order chi connectivity index (χ0) is 83.1. The van der Waals surface area contributed by atoms with Gasteiger partial charge in [0, 0.05) is 6.42 Å². The summed E-state index contributed by atoms with van der Waals surface area (Å²) in [4.78, 5) is 13.6. The van der Waals surface area contributed by atoms with Gasteiger partial charge in [-0.1, -0.05) is 423 Å². The van der Waals surface area contributed by atoms with Crippen LogP contribution in [-0.2, 0) is 33.2 Å². The highest BCUT2D eigenvalue weighted by Crippen LogP contribution is 2.34. The fraction of sp³-hybridized carbons (Fsp3) is 0.948. The Bertz CT molecular complexity index is 2160. The molecule has 0 saturated carbocycles. The molecule has 0 radical (unpaired) electrons. The Balaban J connectivity index is 1.28. The first-order valence-electron chi connectivity index (χ1n) is 49.1. The monoisotopic (exact) mass is 1640 g/mol. The Labute approximate surface area is 702 Å². The van der Waals surface area contributed by atoms with Crippen LogP contribution in [0.15, 0.2) is 24.3 Å². The lowest BCUT2D eigenvalue weighted by molar-refractivity contribution is -0.379. The number of carbonyl (C=O) groups excluding carboxylic acids is 1. The summed E-state index contributed by atoms with van der Waals surface area (Å²) < 4.78 is 34.7. The highest BCUT2D eigenvalue weighted by Gasteiger charge is 2.54. The second kappa shape index (κ2) is 76.0. The number of allylic oxidation sites excluding steroid dienone is 4. The molecule has 3 saturated heterocycles. The van der Waals surface area contributed by atoms with Crippen molar-refractivity contribution in [3.05, 3.63) is 24.3 Å². The lowest BCUT2D eigenvalue weighted by Gasteiger charge is -2.48. The topological polar surface area (TPSA) is 307 Å². The molecule has 0 aromatic carbocycles. The van der Waals surface area contributed by atoms with E-state index < -0.39 is 124 Å². The summed E-state index contributed by atoms with van der Waals surface area (Å²) in [7, 11) is 0. The van der Waals surface area contributed by atoms with Gasteiger partial charge in [0.2, 0.25) is 5.91 Å². The molecule has 0 aliphatic carbocycles. The van der Waals surface area contributed by atoms with Gasteiger partial charge in [-0.15, -0.1) is 0 Å². The van der Waals surface area contributed by atoms with E-state index in [1.54, 1.807) is 0 Å². The standard InChI is InChI=1S/C96H183NO18/c1-3-5-7-9-11-13-15-17-19-21-23-25-27-29-31-33-35-36-37-38-39-40-41-42-44-46-48-50-52-54-56-58-60-62-64-66-68-70-72-74-84(102)97-79(80(101)73-71-69-67-65-63-61-59-57-55-53-51-49-47-45-43-34-32-30-28-26-24-22-20-18-16-14-12-10-8-6-4-2)78-110-94-90(108)87(105)92(82(76-99)112-94)115-96-91(109)88(106)93(83(77-100)113-96)114-95-89(107)86(104)85(103)81(75-98)111-95/h15,17,21,23,79-83,85-96,98-101,103-109H,3-14,16,18-20,22,24-78H2,1-2H3,(H,97,102)/b17-15-,23-21-. The normalized spacial score (nSPS) is 24.6. The minimum absolute atomic E-state index is 0.231. The molecule has 0 aromatic heterocycles. The quantitative estimate of drug-likeness (QED) is 0.0199. The maximum atomic E-state index is 13.6. The number of nitrogens with one attached hydrogen (secondary N) is 1. The van der Waals surface area contributed by atoms with E-state index in [1.165, 1.54) is 366 Å². The summed E-state index contributed by atoms with van der Waals surface area (Å²) in [6.45, 7) is 1.88. The highest BCUT2D eigenvalue weighted by atomic mass is 16.8. The van der Waals surface area contributed by atoms with E-state index in [1.807, 2.05) is 0 Å². The number of amides is 1. The number of aliphatic hydroxyl groups is 11. The van der Waals surface area contributed by atoms with Crippen LogP contribution in [0.2, 0.25) is 0 Å². The molecule has 19 heteroatoms. The molecule has 17 atom stereocenters. The molecule has 115 heavy (non-hydrogen) atoms. The molecule has 680 valence electrons. The maximum Gasteiger partial charge on any atom is 0.220 e. The molecule has 0 bridgehead atoms. The van der Waals surface area contributed by atoms with Crippen molar-refractivity contribution in [2.24, 2.45) is 0 Å². The summed E-state index contributed by atoms with van der Waals surface area (Å²) in [6, 6.07) is -0.887. The van der Waals surface area contributed by atoms with E-state index in [2.05, 4.69) is 43.5 Å². The van der Waals surface area contributed by atoms with Gasteiger partial charge in [0.25, 0.3) is 0 Å². The lowest BCUT2D eigenvalue weighted by atomic mass is 9.96. The van der Waals surface area contributed by atoms with Crippen LogP contribution >= 0.6 is 0 Å². The third-order valence-corrected chi connectivity index (χ3v) is 24.8. The fourth-order valence-corrected chi connectivity index (χ4v) is 17.0. The largest absolute Gasteiger partial charge is 0.394 e. The van der Waals surface area contributed by atoms with Gasteiger partial charge in [0.15, 0.2) is 18.9 Å². The Morgan fingerprint density at radius 2 is 0.574 bits per heavy atom. The number of ether oxygens (including phenoxy) is 6. The summed E-state index contributed by atoms with van der Waals surface area (Å²) in [6.07, 6.45) is 70.3. The molecular weight excluding hydrogens is 1460 g/mol. The molecule has 3 aliphatic heterocycles. The summed E-state index contributed by atoms with van der Waals surface area (Å²) in [5, 5.41) is 122. The van der Waals surface area contributed by atoms with E-state index >= 15 is 0 Å². The maximum absolute atomic E-state index is 13.6. The van der Waals surface area contributed by atoms with Gasteiger partial charge in [0.1, 0.15) is 73.2 Å². The van der Waals surface area contributed by atoms with E-state index in [4.69, 9.17) is 28.4 Å². The van der Waals surface area contributed by atoms with Crippen LogP contribution in [-0.4, -0.2) is 193 Å². The van der Waals surface area contributed by atoms with Crippen LogP contribution in [0.5, 0.6) is 0 Å². The van der Waals surface area contributed by atoms with Gasteiger partial charge in [-0.25, -0.2) is 0 Å². The number of unbranched alkanes of at least 4 members (excludes halogenated alkanes) is 62. The van der Waals surface area contributed by atoms with Crippen molar-refractivity contribution in [3.8, 4) is 0 Å². The van der Waals surface area contributed by atoms with Gasteiger partial charge in [0.05, 0.1) is 38.6 Å². The van der Waals surface area contributed by atoms with Gasteiger partial charge in [-0.3, -0.25) is 4.79 Å². The summed E-state index contributed by atoms with van der Waals surface area (Å²) in [5.74, 6) is -0.231. The van der Waals surface area contributed by atoms with Crippen LogP contribution < -0.4 is 5.32 Å². The molecule has 3 heterocycles. The van der Waals surface area contributed by atoms with Crippen LogP contribution in [0.3, 0.4) is 0 Å². The summed E-state index contributed by atoms with van der Waals surface area (Å²) in [5.41, 5.74) is 0. The third kappa shape index (κ3) is 53.8. The lowest BCUT2D eigenvalue weighted by Crippen LogP contribution is -2.66. The van der Waals surface area contributed by atoms with E-state index in [0.717, 1.165) is 51.4 Å². The minimum atomic E-state index is -1.97. The average Bonchev–Trinajstić information content (AvgIpc) is 0.779. The van der Waals surface area contributed by atoms with Crippen LogP contribution in [0.4, 0.5) is 0 Å². The van der Waals surface area contributed by atoms with E-state index in [-0.39, 0.29) is 18.9 Å². The molecule has 12 N–H and O–H groups in total. The van der Waals surface area contributed by atoms with Crippen molar-refractivity contribution in [2.75, 3.05) is 26.4 Å². The second-order valence-electron chi connectivity index (χ2n) is 35.2. The number of carbonyl (C=O) groups is 1. The van der Waals surface area contributed by atoms with Crippen LogP contribution in [0, 0.1) is 0 Å². The Hall–Kier alpha value is -1.73. The number of rotatable bonds is 82. The molecule has 3 rings (SSSR count). The van der Waals surface area contributed by atoms with E-state index in [9.17, 15) is 61.0 Å². The molecule has 19 nitrogen and oxygen atoms in total. The highest BCUT2D eigenvalue weighted by molar-refractivity contribution is 5.76. The van der Waals surface area contributed by atoms with Crippen molar-refractivity contribution in [1.82, 2.24) is 5.32 Å². The first-order chi connectivity index (χ1) is 56.3. The zero-order valence-corrected chi connectivity index (χ0v) is 73.8. The molecule has 0 aromatic rings. The molecule has 1 amide bonds. The first kappa shape index (κ1) is 107. The fourth-order valence-electron chi connectivity index (χ4n) is 17.0. The molecular formula is C96H183NO18. The van der Waals surface area contributed by atoms with Crippen molar-refractivity contribution >= 4 is 5.91 Å². The molecule has 3 fully saturated rings. The Kier molecular flexibility index (Phi) is 71.0. The van der Waals surface area contributed by atoms with Crippen molar-refractivity contribution in [1.29, 1.82) is 0 Å². The van der Waals surface area contributed by atoms with Crippen LogP contribution in [0.25, 0.3) is 0 Å². The molecule has 0 spiro atoms. The first-order valence-corrected chi connectivity index (χ1v) is 49.1. The van der Waals surface area contributed by atoms with Gasteiger partial charge in [-0.2, -0.15) is 0 Å². The van der Waals surface area contributed by atoms with Gasteiger partial charge >= 0.3 is 0 Å². The van der Waals surface area contributed by atoms with Crippen molar-refractivity contribution in [3.63, 3.8) is 0 Å². The average molecular weight is 1640 g/mol. The number of aliphatic hydroxyl groups excluding tert-OH is 11. The van der Waals surface area contributed by atoms with Crippen LogP contribution in [0.1, 0.15) is 450 Å². The zero-order valence-electron chi connectivity index (χ0n) is 73.8. The van der Waals surface area contributed by atoms with Crippen molar-refractivity contribution in [2.45, 2.75) is 555 Å².